The van der Waals surface area contributed by atoms with Crippen molar-refractivity contribution in [1.29, 1.82) is 5.41 Å². The van der Waals surface area contributed by atoms with Gasteiger partial charge in [0.1, 0.15) is 5.84 Å². The summed E-state index contributed by atoms with van der Waals surface area (Å²) in [6.45, 7) is 0.679. The first-order valence-corrected chi connectivity index (χ1v) is 9.64. The summed E-state index contributed by atoms with van der Waals surface area (Å²) in [4.78, 5) is 25.9. The second kappa shape index (κ2) is 8.41. The zero-order valence-electron chi connectivity index (χ0n) is 15.4. The van der Waals surface area contributed by atoms with Crippen molar-refractivity contribution in [3.8, 4) is 0 Å². The molecule has 1 heterocycles. The number of nitrogens with one attached hydrogen (secondary N) is 2. The number of nitrogens with two attached hydrogens (primary N) is 1. The highest BCUT2D eigenvalue weighted by molar-refractivity contribution is 5.88. The van der Waals surface area contributed by atoms with Gasteiger partial charge < -0.3 is 21.1 Å². The van der Waals surface area contributed by atoms with Crippen LogP contribution in [0.15, 0.2) is 30.3 Å². The Morgan fingerprint density at radius 1 is 1.07 bits per heavy atom. The Balaban J connectivity index is 1.58. The van der Waals surface area contributed by atoms with Crippen LogP contribution >= 0.6 is 0 Å². The van der Waals surface area contributed by atoms with Crippen molar-refractivity contribution in [2.45, 2.75) is 50.6 Å². The molecule has 5 N–H and O–H groups in total. The van der Waals surface area contributed by atoms with Gasteiger partial charge in [0.25, 0.3) is 0 Å². The van der Waals surface area contributed by atoms with E-state index in [0.717, 1.165) is 12.1 Å². The number of hydrogen-bond acceptors (Lipinski definition) is 4. The van der Waals surface area contributed by atoms with E-state index in [2.05, 4.69) is 10.2 Å². The minimum Gasteiger partial charge on any atom is -0.481 e. The smallest absolute Gasteiger partial charge is 0.306 e. The van der Waals surface area contributed by atoms with Gasteiger partial charge in [-0.15, -0.1) is 0 Å². The summed E-state index contributed by atoms with van der Waals surface area (Å²) in [6, 6.07) is 9.63. The number of rotatable bonds is 5. The van der Waals surface area contributed by atoms with Crippen LogP contribution in [-0.2, 0) is 9.59 Å². The lowest BCUT2D eigenvalue weighted by Gasteiger charge is -2.40. The van der Waals surface area contributed by atoms with Crippen molar-refractivity contribution in [3.63, 3.8) is 0 Å². The number of carbonyl (C=O) groups is 2. The van der Waals surface area contributed by atoms with Crippen LogP contribution in [0.2, 0.25) is 0 Å². The molecule has 1 saturated heterocycles. The number of carboxylic acid groups (broad SMARTS) is 1. The Kier molecular flexibility index (Phi) is 5.98. The average Bonchev–Trinajstić information content (AvgIpc) is 2.68. The molecule has 0 spiro atoms. The van der Waals surface area contributed by atoms with E-state index in [1.807, 2.05) is 30.3 Å². The zero-order chi connectivity index (χ0) is 19.4. The van der Waals surface area contributed by atoms with Crippen molar-refractivity contribution in [2.75, 3.05) is 11.4 Å². The summed E-state index contributed by atoms with van der Waals surface area (Å²) >= 11 is 0. The number of aliphatic carboxylic acids is 1. The van der Waals surface area contributed by atoms with Gasteiger partial charge in [0.2, 0.25) is 5.91 Å². The number of hydrogen-bond donors (Lipinski definition) is 4. The van der Waals surface area contributed by atoms with Crippen LogP contribution in [0.5, 0.6) is 0 Å². The number of nitrogens with zero attached hydrogens (tertiary/aromatic N) is 1. The van der Waals surface area contributed by atoms with Gasteiger partial charge in [-0.2, -0.15) is 0 Å². The minimum absolute atomic E-state index is 0.00716. The van der Waals surface area contributed by atoms with Gasteiger partial charge in [0.15, 0.2) is 0 Å². The summed E-state index contributed by atoms with van der Waals surface area (Å²) in [5, 5.41) is 20.2. The maximum Gasteiger partial charge on any atom is 0.306 e. The van der Waals surface area contributed by atoms with Crippen LogP contribution in [0.1, 0.15) is 38.5 Å². The molecule has 7 heteroatoms. The Hall–Kier alpha value is -2.57. The maximum atomic E-state index is 12.7. The molecule has 1 aromatic rings. The van der Waals surface area contributed by atoms with Crippen LogP contribution < -0.4 is 16.0 Å². The predicted octanol–water partition coefficient (Wildman–Crippen LogP) is 1.97. The summed E-state index contributed by atoms with van der Waals surface area (Å²) in [5.41, 5.74) is 6.86. The van der Waals surface area contributed by atoms with Crippen molar-refractivity contribution in [3.05, 3.63) is 30.3 Å². The van der Waals surface area contributed by atoms with Crippen LogP contribution in [0, 0.1) is 17.2 Å². The van der Waals surface area contributed by atoms with E-state index in [1.165, 1.54) is 0 Å². The standard InChI is InChI=1S/C20H28N4O3/c21-18(22)17-12-14(10-11-24(17)16-4-2-1-3-5-16)19(25)23-15-8-6-13(7-9-15)20(26)27/h1-5,13-15,17H,6-12H2,(H3,21,22)(H,23,25)(H,26,27). The fraction of sp³-hybridized carbons (Fsp3) is 0.550. The van der Waals surface area contributed by atoms with Gasteiger partial charge in [-0.25, -0.2) is 0 Å². The van der Waals surface area contributed by atoms with Gasteiger partial charge in [0.05, 0.1) is 12.0 Å². The van der Waals surface area contributed by atoms with Crippen LogP contribution in [-0.4, -0.2) is 41.4 Å². The molecule has 1 aliphatic heterocycles. The van der Waals surface area contributed by atoms with E-state index < -0.39 is 5.97 Å². The molecule has 2 fully saturated rings. The number of benzene rings is 1. The lowest BCUT2D eigenvalue weighted by Crippen LogP contribution is -2.53. The van der Waals surface area contributed by atoms with Crippen molar-refractivity contribution in [2.24, 2.45) is 17.6 Å². The van der Waals surface area contributed by atoms with E-state index in [4.69, 9.17) is 16.2 Å². The molecule has 1 amide bonds. The molecular formula is C20H28N4O3. The Morgan fingerprint density at radius 2 is 1.74 bits per heavy atom. The number of amidine groups is 1. The second-order valence-corrected chi connectivity index (χ2v) is 7.62. The summed E-state index contributed by atoms with van der Waals surface area (Å²) in [6.07, 6.45) is 3.89. The topological polar surface area (TPSA) is 120 Å². The monoisotopic (exact) mass is 372 g/mol. The minimum atomic E-state index is -0.739. The molecule has 7 nitrogen and oxygen atoms in total. The Morgan fingerprint density at radius 3 is 2.33 bits per heavy atom. The molecule has 1 aromatic carbocycles. The molecule has 3 rings (SSSR count). The molecule has 1 aliphatic carbocycles. The number of amides is 1. The van der Waals surface area contributed by atoms with E-state index >= 15 is 0 Å². The first-order chi connectivity index (χ1) is 13.0. The molecule has 0 bridgehead atoms. The third kappa shape index (κ3) is 4.59. The third-order valence-corrected chi connectivity index (χ3v) is 5.84. The molecule has 146 valence electrons. The van der Waals surface area contributed by atoms with Crippen LogP contribution in [0.3, 0.4) is 0 Å². The Labute approximate surface area is 159 Å². The Bertz CT molecular complexity index is 686. The molecule has 2 unspecified atom stereocenters. The lowest BCUT2D eigenvalue weighted by atomic mass is 9.85. The highest BCUT2D eigenvalue weighted by Gasteiger charge is 2.35. The molecule has 27 heavy (non-hydrogen) atoms. The highest BCUT2D eigenvalue weighted by atomic mass is 16.4. The van der Waals surface area contributed by atoms with E-state index in [0.29, 0.717) is 38.6 Å². The van der Waals surface area contributed by atoms with Gasteiger partial charge in [0, 0.05) is 24.2 Å². The van der Waals surface area contributed by atoms with E-state index in [9.17, 15) is 9.59 Å². The molecule has 0 radical (unpaired) electrons. The second-order valence-electron chi connectivity index (χ2n) is 7.62. The maximum absolute atomic E-state index is 12.7. The van der Waals surface area contributed by atoms with Gasteiger partial charge in [-0.3, -0.25) is 15.0 Å². The number of piperidine rings is 1. The number of para-hydroxylation sites is 1. The third-order valence-electron chi connectivity index (χ3n) is 5.84. The van der Waals surface area contributed by atoms with E-state index in [1.54, 1.807) is 0 Å². The first kappa shape index (κ1) is 19.2. The van der Waals surface area contributed by atoms with Crippen LogP contribution in [0.25, 0.3) is 0 Å². The molecule has 1 saturated carbocycles. The van der Waals surface area contributed by atoms with Gasteiger partial charge >= 0.3 is 5.97 Å². The van der Waals surface area contributed by atoms with Crippen molar-refractivity contribution in [1.82, 2.24) is 5.32 Å². The van der Waals surface area contributed by atoms with Crippen molar-refractivity contribution < 1.29 is 14.7 Å². The van der Waals surface area contributed by atoms with E-state index in [-0.39, 0.29) is 35.7 Å². The predicted molar refractivity (Wildman–Crippen MR) is 104 cm³/mol. The largest absolute Gasteiger partial charge is 0.481 e. The van der Waals surface area contributed by atoms with Gasteiger partial charge in [-0.05, 0) is 50.7 Å². The molecule has 2 atom stereocenters. The first-order valence-electron chi connectivity index (χ1n) is 9.64. The fourth-order valence-corrected chi connectivity index (χ4v) is 4.23. The van der Waals surface area contributed by atoms with Crippen molar-refractivity contribution >= 4 is 23.4 Å². The number of anilines is 1. The molecule has 0 aromatic heterocycles. The SMILES string of the molecule is N=C(N)C1CC(C(=O)NC2CCC(C(=O)O)CC2)CCN1c1ccccc1. The zero-order valence-corrected chi connectivity index (χ0v) is 15.4. The molecule has 2 aliphatic rings. The normalized spacial score (nSPS) is 28.4. The highest BCUT2D eigenvalue weighted by Crippen LogP contribution is 2.29. The van der Waals surface area contributed by atoms with Crippen LogP contribution in [0.4, 0.5) is 5.69 Å². The summed E-state index contributed by atoms with van der Waals surface area (Å²) < 4.78 is 0. The lowest BCUT2D eigenvalue weighted by molar-refractivity contribution is -0.142. The summed E-state index contributed by atoms with van der Waals surface area (Å²) in [5.74, 6) is -1.10. The van der Waals surface area contributed by atoms with Gasteiger partial charge in [-0.1, -0.05) is 18.2 Å². The number of carbonyl (C=O) groups excluding carboxylic acids is 1. The average molecular weight is 372 g/mol. The fourth-order valence-electron chi connectivity index (χ4n) is 4.23. The molecular weight excluding hydrogens is 344 g/mol. The summed E-state index contributed by atoms with van der Waals surface area (Å²) in [7, 11) is 0. The number of carboxylic acids is 1. The quantitative estimate of drug-likeness (QED) is 0.465.